The molecule has 2 aliphatic heterocycles. The topological polar surface area (TPSA) is 97.4 Å². The Kier molecular flexibility index (Phi) is 13.7. The third kappa shape index (κ3) is 10.0. The molecule has 0 radical (unpaired) electrons. The minimum absolute atomic E-state index is 0.0518. The van der Waals surface area contributed by atoms with Crippen LogP contribution in [-0.2, 0) is 23.9 Å². The smallest absolute Gasteiger partial charge is 0.270 e. The van der Waals surface area contributed by atoms with E-state index in [9.17, 15) is 14.4 Å². The molecule has 3 atom stereocenters. The van der Waals surface area contributed by atoms with Crippen molar-refractivity contribution in [2.75, 3.05) is 56.4 Å². The second-order valence-corrected chi connectivity index (χ2v) is 13.7. The zero-order chi connectivity index (χ0) is 32.4. The van der Waals surface area contributed by atoms with Gasteiger partial charge < -0.3 is 29.3 Å². The van der Waals surface area contributed by atoms with Crippen molar-refractivity contribution < 1.29 is 28.6 Å². The van der Waals surface area contributed by atoms with Crippen molar-refractivity contribution in [3.63, 3.8) is 0 Å². The van der Waals surface area contributed by atoms with E-state index in [2.05, 4.69) is 26.1 Å². The number of amides is 2. The molecule has 44 heavy (non-hydrogen) atoms. The van der Waals surface area contributed by atoms with E-state index in [1.54, 1.807) is 32.8 Å². The van der Waals surface area contributed by atoms with Gasteiger partial charge in [0, 0.05) is 64.2 Å². The molecular weight excluding hydrogens is 558 g/mol. The number of benzene rings is 1. The molecule has 1 saturated heterocycles. The van der Waals surface area contributed by atoms with Crippen LogP contribution in [0, 0.1) is 23.7 Å². The lowest BCUT2D eigenvalue weighted by atomic mass is 9.87. The number of rotatable bonds is 14. The maximum atomic E-state index is 13.7. The second kappa shape index (κ2) is 16.7. The fourth-order valence-corrected chi connectivity index (χ4v) is 6.12. The SMILES string of the molecule is CCOCC(C)CC(C)C.COCCCCN1C(=O)C(C)(C)Oc2ccc(N(C(=O)C3CNCC(C(C)=O)C3)C3CC3)cc21. The summed E-state index contributed by atoms with van der Waals surface area (Å²) in [5.41, 5.74) is 0.548. The van der Waals surface area contributed by atoms with Gasteiger partial charge in [0.05, 0.1) is 11.6 Å². The van der Waals surface area contributed by atoms with E-state index in [0.29, 0.717) is 44.1 Å². The van der Waals surface area contributed by atoms with Gasteiger partial charge >= 0.3 is 0 Å². The summed E-state index contributed by atoms with van der Waals surface area (Å²) >= 11 is 0. The van der Waals surface area contributed by atoms with Crippen LogP contribution in [0.3, 0.4) is 0 Å². The number of carbonyl (C=O) groups is 3. The molecule has 4 rings (SSSR count). The van der Waals surface area contributed by atoms with Crippen LogP contribution < -0.4 is 19.9 Å². The van der Waals surface area contributed by atoms with Gasteiger partial charge in [-0.15, -0.1) is 0 Å². The summed E-state index contributed by atoms with van der Waals surface area (Å²) < 4.78 is 16.5. The Balaban J connectivity index is 0.000000456. The number of anilines is 2. The van der Waals surface area contributed by atoms with E-state index >= 15 is 0 Å². The largest absolute Gasteiger partial charge is 0.476 e. The van der Waals surface area contributed by atoms with Crippen LogP contribution in [0.5, 0.6) is 5.75 Å². The summed E-state index contributed by atoms with van der Waals surface area (Å²) in [5, 5.41) is 3.27. The number of piperidine rings is 1. The summed E-state index contributed by atoms with van der Waals surface area (Å²) in [7, 11) is 1.68. The van der Waals surface area contributed by atoms with Gasteiger partial charge in [0.2, 0.25) is 5.91 Å². The van der Waals surface area contributed by atoms with Crippen molar-refractivity contribution in [1.29, 1.82) is 0 Å². The molecule has 3 unspecified atom stereocenters. The molecule has 1 aliphatic carbocycles. The highest BCUT2D eigenvalue weighted by atomic mass is 16.5. The van der Waals surface area contributed by atoms with Gasteiger partial charge in [-0.25, -0.2) is 0 Å². The normalized spacial score (nSPS) is 21.6. The summed E-state index contributed by atoms with van der Waals surface area (Å²) in [4.78, 5) is 42.5. The minimum Gasteiger partial charge on any atom is -0.476 e. The summed E-state index contributed by atoms with van der Waals surface area (Å²) in [6.45, 7) is 18.2. The number of unbranched alkanes of at least 4 members (excludes halogenated alkanes) is 1. The summed E-state index contributed by atoms with van der Waals surface area (Å²) in [6.07, 6.45) is 5.45. The van der Waals surface area contributed by atoms with E-state index < -0.39 is 5.60 Å². The monoisotopic (exact) mass is 615 g/mol. The molecule has 1 N–H and O–H groups in total. The average Bonchev–Trinajstić information content (AvgIpc) is 3.81. The number of carbonyl (C=O) groups excluding carboxylic acids is 3. The van der Waals surface area contributed by atoms with Gasteiger partial charge in [0.1, 0.15) is 11.5 Å². The van der Waals surface area contributed by atoms with Crippen LogP contribution >= 0.6 is 0 Å². The van der Waals surface area contributed by atoms with Crippen molar-refractivity contribution in [3.8, 4) is 5.75 Å². The first-order valence-electron chi connectivity index (χ1n) is 16.6. The first kappa shape index (κ1) is 36.0. The molecule has 1 aromatic carbocycles. The lowest BCUT2D eigenvalue weighted by Gasteiger charge is -2.40. The summed E-state index contributed by atoms with van der Waals surface area (Å²) in [5.74, 6) is 1.91. The molecule has 2 fully saturated rings. The predicted octanol–water partition coefficient (Wildman–Crippen LogP) is 5.63. The van der Waals surface area contributed by atoms with E-state index in [-0.39, 0.29) is 35.5 Å². The molecule has 1 aromatic rings. The molecule has 0 spiro atoms. The summed E-state index contributed by atoms with van der Waals surface area (Å²) in [6, 6.07) is 5.88. The molecule has 0 bridgehead atoms. The number of hydrogen-bond donors (Lipinski definition) is 1. The molecule has 2 amide bonds. The Morgan fingerprint density at radius 3 is 2.45 bits per heavy atom. The number of ketones is 1. The van der Waals surface area contributed by atoms with Gasteiger partial charge in [-0.2, -0.15) is 0 Å². The van der Waals surface area contributed by atoms with Crippen molar-refractivity contribution in [1.82, 2.24) is 5.32 Å². The van der Waals surface area contributed by atoms with E-state index in [4.69, 9.17) is 14.2 Å². The van der Waals surface area contributed by atoms with Crippen molar-refractivity contribution in [2.24, 2.45) is 23.7 Å². The molecular formula is C35H57N3O6. The van der Waals surface area contributed by atoms with Crippen LogP contribution in [0.4, 0.5) is 11.4 Å². The van der Waals surface area contributed by atoms with Gasteiger partial charge in [-0.3, -0.25) is 14.4 Å². The van der Waals surface area contributed by atoms with Crippen LogP contribution in [0.15, 0.2) is 18.2 Å². The molecule has 9 heteroatoms. The first-order chi connectivity index (χ1) is 20.9. The number of ether oxygens (including phenoxy) is 3. The highest BCUT2D eigenvalue weighted by Crippen LogP contribution is 2.43. The maximum absolute atomic E-state index is 13.7. The Bertz CT molecular complexity index is 1100. The fraction of sp³-hybridized carbons (Fsp3) is 0.743. The number of methoxy groups -OCH3 is 1. The van der Waals surface area contributed by atoms with Crippen molar-refractivity contribution >= 4 is 29.0 Å². The number of nitrogens with zero attached hydrogens (tertiary/aromatic N) is 2. The maximum Gasteiger partial charge on any atom is 0.270 e. The van der Waals surface area contributed by atoms with E-state index in [1.165, 1.54) is 6.42 Å². The van der Waals surface area contributed by atoms with E-state index in [0.717, 1.165) is 56.4 Å². The molecule has 3 aliphatic rings. The van der Waals surface area contributed by atoms with Gasteiger partial charge in [0.25, 0.3) is 5.91 Å². The lowest BCUT2D eigenvalue weighted by molar-refractivity contribution is -0.132. The first-order valence-corrected chi connectivity index (χ1v) is 16.6. The zero-order valence-corrected chi connectivity index (χ0v) is 28.4. The zero-order valence-electron chi connectivity index (χ0n) is 28.4. The molecule has 1 saturated carbocycles. The van der Waals surface area contributed by atoms with Crippen LogP contribution in [-0.4, -0.2) is 75.8 Å². The highest BCUT2D eigenvalue weighted by Gasteiger charge is 2.43. The van der Waals surface area contributed by atoms with Gasteiger partial charge in [0.15, 0.2) is 5.60 Å². The number of nitrogens with one attached hydrogen (secondary N) is 1. The van der Waals surface area contributed by atoms with Gasteiger partial charge in [-0.1, -0.05) is 20.8 Å². The molecule has 9 nitrogen and oxygen atoms in total. The Hall–Kier alpha value is -2.49. The van der Waals surface area contributed by atoms with Gasteiger partial charge in [-0.05, 0) is 96.3 Å². The number of fused-ring (bicyclic) bond motifs is 1. The Labute approximate surface area is 265 Å². The average molecular weight is 616 g/mol. The number of Topliss-reactive ketones (excluding diaryl/α,β-unsaturated/α-hetero) is 1. The highest BCUT2D eigenvalue weighted by molar-refractivity contribution is 6.04. The number of hydrogen-bond acceptors (Lipinski definition) is 7. The Morgan fingerprint density at radius 1 is 1.14 bits per heavy atom. The molecule has 2 heterocycles. The minimum atomic E-state index is -0.947. The second-order valence-electron chi connectivity index (χ2n) is 13.7. The van der Waals surface area contributed by atoms with Crippen LogP contribution in [0.1, 0.15) is 87.0 Å². The van der Waals surface area contributed by atoms with Crippen LogP contribution in [0.2, 0.25) is 0 Å². The quantitative estimate of drug-likeness (QED) is 0.271. The van der Waals surface area contributed by atoms with E-state index in [1.807, 2.05) is 30.0 Å². The van der Waals surface area contributed by atoms with Crippen LogP contribution in [0.25, 0.3) is 0 Å². The third-order valence-corrected chi connectivity index (χ3v) is 8.52. The third-order valence-electron chi connectivity index (χ3n) is 8.52. The lowest BCUT2D eigenvalue weighted by Crippen LogP contribution is -2.53. The van der Waals surface area contributed by atoms with Crippen molar-refractivity contribution in [3.05, 3.63) is 18.2 Å². The molecule has 0 aromatic heterocycles. The van der Waals surface area contributed by atoms with Crippen molar-refractivity contribution in [2.45, 2.75) is 98.6 Å². The fourth-order valence-electron chi connectivity index (χ4n) is 6.12. The predicted molar refractivity (Wildman–Crippen MR) is 175 cm³/mol. The standard InChI is InChI=1S/C26H37N3O5.C9H20O/c1-17(30)18-13-19(16-27-15-18)24(31)29(20-7-8-20)21-9-10-23-22(14-21)28(11-5-6-12-33-4)25(32)26(2,3)34-23;1-5-10-7-9(4)6-8(2)3/h9-10,14,18-20,27H,5-8,11-13,15-16H2,1-4H3;8-9H,5-7H2,1-4H3. The molecule has 248 valence electrons. The Morgan fingerprint density at radius 2 is 1.84 bits per heavy atom.